The van der Waals surface area contributed by atoms with Gasteiger partial charge in [-0.25, -0.2) is 0 Å². The van der Waals surface area contributed by atoms with Crippen molar-refractivity contribution in [2.75, 3.05) is 39.9 Å². The Morgan fingerprint density at radius 2 is 1.86 bits per heavy atom. The molecule has 0 radical (unpaired) electrons. The summed E-state index contributed by atoms with van der Waals surface area (Å²) in [6, 6.07) is 4.11. The van der Waals surface area contributed by atoms with Gasteiger partial charge in [0.25, 0.3) is 0 Å². The maximum absolute atomic E-state index is 5.95. The summed E-state index contributed by atoms with van der Waals surface area (Å²) in [6.07, 6.45) is 0. The predicted octanol–water partition coefficient (Wildman–Crippen LogP) is 3.29. The molecule has 0 amide bonds. The third kappa shape index (κ3) is 5.85. The molecule has 1 N–H and O–H groups in total. The van der Waals surface area contributed by atoms with E-state index < -0.39 is 0 Å². The maximum Gasteiger partial charge on any atom is 0.175 e. The van der Waals surface area contributed by atoms with Gasteiger partial charge in [0.05, 0.1) is 11.1 Å². The van der Waals surface area contributed by atoms with Crippen LogP contribution in [0.2, 0.25) is 0 Å². The maximum atomic E-state index is 5.95. The minimum Gasteiger partial charge on any atom is -0.490 e. The first-order valence-electron chi connectivity index (χ1n) is 7.61. The second-order valence-electron chi connectivity index (χ2n) is 4.74. The van der Waals surface area contributed by atoms with E-state index in [1.807, 2.05) is 20.0 Å². The highest BCUT2D eigenvalue weighted by Crippen LogP contribution is 2.36. The number of hydrogen-bond donors (Lipinski definition) is 1. The van der Waals surface area contributed by atoms with E-state index in [4.69, 9.17) is 9.47 Å². The Morgan fingerprint density at radius 3 is 2.43 bits per heavy atom. The van der Waals surface area contributed by atoms with E-state index in [-0.39, 0.29) is 0 Å². The van der Waals surface area contributed by atoms with Crippen LogP contribution < -0.4 is 14.8 Å². The zero-order valence-corrected chi connectivity index (χ0v) is 15.1. The standard InChI is InChI=1S/C16H27BrN2O2/c1-5-19(6-2)8-9-21-16-14(17)10-13(12-18-4)11-15(16)20-7-3/h10-11,18H,5-9,12H2,1-4H3. The molecule has 0 aliphatic rings. The number of hydrogen-bond acceptors (Lipinski definition) is 4. The molecule has 21 heavy (non-hydrogen) atoms. The molecule has 0 heterocycles. The van der Waals surface area contributed by atoms with Crippen LogP contribution in [-0.2, 0) is 6.54 Å². The molecule has 1 rings (SSSR count). The lowest BCUT2D eigenvalue weighted by atomic mass is 10.2. The van der Waals surface area contributed by atoms with Crippen molar-refractivity contribution in [1.29, 1.82) is 0 Å². The van der Waals surface area contributed by atoms with Crippen LogP contribution in [0.15, 0.2) is 16.6 Å². The Kier molecular flexibility index (Phi) is 8.73. The normalized spacial score (nSPS) is 11.0. The molecular formula is C16H27BrN2O2. The Bertz CT molecular complexity index is 423. The third-order valence-electron chi connectivity index (χ3n) is 3.30. The van der Waals surface area contributed by atoms with Gasteiger partial charge >= 0.3 is 0 Å². The zero-order chi connectivity index (χ0) is 15.7. The van der Waals surface area contributed by atoms with Crippen molar-refractivity contribution in [1.82, 2.24) is 10.2 Å². The molecule has 1 aromatic rings. The quantitative estimate of drug-likeness (QED) is 0.695. The van der Waals surface area contributed by atoms with Crippen molar-refractivity contribution in [3.8, 4) is 11.5 Å². The van der Waals surface area contributed by atoms with Gasteiger partial charge in [-0.2, -0.15) is 0 Å². The van der Waals surface area contributed by atoms with E-state index in [0.29, 0.717) is 13.2 Å². The van der Waals surface area contributed by atoms with Gasteiger partial charge in [0.2, 0.25) is 0 Å². The SMILES string of the molecule is CCOc1cc(CNC)cc(Br)c1OCCN(CC)CC. The number of ether oxygens (including phenoxy) is 2. The first-order valence-corrected chi connectivity index (χ1v) is 8.40. The van der Waals surface area contributed by atoms with Crippen LogP contribution in [0.25, 0.3) is 0 Å². The molecule has 0 spiro atoms. The summed E-state index contributed by atoms with van der Waals surface area (Å²) in [5.74, 6) is 1.60. The van der Waals surface area contributed by atoms with E-state index in [9.17, 15) is 0 Å². The minimum absolute atomic E-state index is 0.627. The topological polar surface area (TPSA) is 33.7 Å². The first kappa shape index (κ1) is 18.3. The van der Waals surface area contributed by atoms with Crippen molar-refractivity contribution in [3.05, 3.63) is 22.2 Å². The molecule has 0 saturated heterocycles. The van der Waals surface area contributed by atoms with Gasteiger partial charge in [-0.05, 0) is 60.7 Å². The van der Waals surface area contributed by atoms with Gasteiger partial charge in [0, 0.05) is 13.1 Å². The lowest BCUT2D eigenvalue weighted by Crippen LogP contribution is -2.28. The van der Waals surface area contributed by atoms with E-state index in [0.717, 1.165) is 42.2 Å². The average Bonchev–Trinajstić information content (AvgIpc) is 2.46. The van der Waals surface area contributed by atoms with Crippen molar-refractivity contribution in [2.24, 2.45) is 0 Å². The number of rotatable bonds is 10. The first-order chi connectivity index (χ1) is 10.2. The van der Waals surface area contributed by atoms with E-state index in [2.05, 4.69) is 46.1 Å². The van der Waals surface area contributed by atoms with Crippen LogP contribution in [0.1, 0.15) is 26.3 Å². The molecule has 5 heteroatoms. The van der Waals surface area contributed by atoms with Crippen molar-refractivity contribution >= 4 is 15.9 Å². The Labute approximate surface area is 136 Å². The Hall–Kier alpha value is -0.780. The second-order valence-corrected chi connectivity index (χ2v) is 5.60. The molecule has 0 aromatic heterocycles. The molecule has 0 aliphatic heterocycles. The predicted molar refractivity (Wildman–Crippen MR) is 91.4 cm³/mol. The fourth-order valence-electron chi connectivity index (χ4n) is 2.15. The van der Waals surface area contributed by atoms with E-state index in [1.165, 1.54) is 5.56 Å². The summed E-state index contributed by atoms with van der Waals surface area (Å²) in [6.45, 7) is 11.4. The number of benzene rings is 1. The molecule has 4 nitrogen and oxygen atoms in total. The van der Waals surface area contributed by atoms with Crippen LogP contribution >= 0.6 is 15.9 Å². The van der Waals surface area contributed by atoms with Crippen molar-refractivity contribution in [2.45, 2.75) is 27.3 Å². The fraction of sp³-hybridized carbons (Fsp3) is 0.625. The largest absolute Gasteiger partial charge is 0.490 e. The number of halogens is 1. The van der Waals surface area contributed by atoms with Gasteiger partial charge < -0.3 is 19.7 Å². The van der Waals surface area contributed by atoms with Crippen LogP contribution in [0.5, 0.6) is 11.5 Å². The van der Waals surface area contributed by atoms with Crippen molar-refractivity contribution in [3.63, 3.8) is 0 Å². The molecule has 0 bridgehead atoms. The molecule has 0 saturated carbocycles. The molecule has 0 aliphatic carbocycles. The highest BCUT2D eigenvalue weighted by molar-refractivity contribution is 9.10. The molecule has 120 valence electrons. The lowest BCUT2D eigenvalue weighted by Gasteiger charge is -2.20. The third-order valence-corrected chi connectivity index (χ3v) is 3.89. The number of nitrogens with one attached hydrogen (secondary N) is 1. The fourth-order valence-corrected chi connectivity index (χ4v) is 2.75. The van der Waals surface area contributed by atoms with Crippen LogP contribution in [-0.4, -0.2) is 44.8 Å². The van der Waals surface area contributed by atoms with E-state index >= 15 is 0 Å². The lowest BCUT2D eigenvalue weighted by molar-refractivity contribution is 0.213. The minimum atomic E-state index is 0.627. The number of likely N-dealkylation sites (N-methyl/N-ethyl adjacent to an activating group) is 1. The van der Waals surface area contributed by atoms with Crippen LogP contribution in [0, 0.1) is 0 Å². The van der Waals surface area contributed by atoms with Crippen LogP contribution in [0.4, 0.5) is 0 Å². The highest BCUT2D eigenvalue weighted by atomic mass is 79.9. The van der Waals surface area contributed by atoms with Gasteiger partial charge in [-0.1, -0.05) is 13.8 Å². The Balaban J connectivity index is 2.79. The Morgan fingerprint density at radius 1 is 1.14 bits per heavy atom. The number of nitrogens with zero attached hydrogens (tertiary/aromatic N) is 1. The summed E-state index contributed by atoms with van der Waals surface area (Å²) in [7, 11) is 1.93. The molecule has 0 unspecified atom stereocenters. The van der Waals surface area contributed by atoms with Gasteiger partial charge in [0.15, 0.2) is 11.5 Å². The summed E-state index contributed by atoms with van der Waals surface area (Å²) >= 11 is 3.59. The average molecular weight is 359 g/mol. The zero-order valence-electron chi connectivity index (χ0n) is 13.5. The molecule has 1 aromatic carbocycles. The summed E-state index contributed by atoms with van der Waals surface area (Å²) in [4.78, 5) is 2.34. The molecule has 0 fully saturated rings. The smallest absolute Gasteiger partial charge is 0.175 e. The summed E-state index contributed by atoms with van der Waals surface area (Å²) < 4.78 is 12.6. The second kappa shape index (κ2) is 10.0. The van der Waals surface area contributed by atoms with Crippen LogP contribution in [0.3, 0.4) is 0 Å². The summed E-state index contributed by atoms with van der Waals surface area (Å²) in [5, 5.41) is 3.15. The molecular weight excluding hydrogens is 332 g/mol. The van der Waals surface area contributed by atoms with E-state index in [1.54, 1.807) is 0 Å². The van der Waals surface area contributed by atoms with Gasteiger partial charge in [-0.3, -0.25) is 0 Å². The monoisotopic (exact) mass is 358 g/mol. The molecule has 0 atom stereocenters. The summed E-state index contributed by atoms with van der Waals surface area (Å²) in [5.41, 5.74) is 1.17. The highest BCUT2D eigenvalue weighted by Gasteiger charge is 2.12. The van der Waals surface area contributed by atoms with Gasteiger partial charge in [0.1, 0.15) is 6.61 Å². The van der Waals surface area contributed by atoms with Gasteiger partial charge in [-0.15, -0.1) is 0 Å². The van der Waals surface area contributed by atoms with Crippen molar-refractivity contribution < 1.29 is 9.47 Å².